The molecule has 92 valence electrons. The standard InChI is InChI=1S/C14H14N2O2/c1-10-4-3-7-15-13(10)9-14(18)16-11-5-2-6-12(17)8-11/h2-8,17H,9H2,1H3,(H,16,18). The molecule has 0 saturated carbocycles. The van der Waals surface area contributed by atoms with Crippen molar-refractivity contribution in [1.82, 2.24) is 4.98 Å². The van der Waals surface area contributed by atoms with Crippen LogP contribution >= 0.6 is 0 Å². The second-order valence-corrected chi connectivity index (χ2v) is 4.04. The average Bonchev–Trinajstić information content (AvgIpc) is 2.32. The van der Waals surface area contributed by atoms with Gasteiger partial charge in [0.25, 0.3) is 0 Å². The van der Waals surface area contributed by atoms with Gasteiger partial charge in [-0.25, -0.2) is 0 Å². The van der Waals surface area contributed by atoms with E-state index >= 15 is 0 Å². The molecule has 1 heterocycles. The second kappa shape index (κ2) is 5.31. The van der Waals surface area contributed by atoms with Gasteiger partial charge in [0, 0.05) is 18.0 Å². The Morgan fingerprint density at radius 1 is 1.33 bits per heavy atom. The van der Waals surface area contributed by atoms with Crippen molar-refractivity contribution in [2.75, 3.05) is 5.32 Å². The highest BCUT2D eigenvalue weighted by Crippen LogP contribution is 2.15. The van der Waals surface area contributed by atoms with E-state index < -0.39 is 0 Å². The van der Waals surface area contributed by atoms with E-state index in [0.29, 0.717) is 5.69 Å². The van der Waals surface area contributed by atoms with Gasteiger partial charge in [-0.3, -0.25) is 9.78 Å². The number of nitrogens with one attached hydrogen (secondary N) is 1. The van der Waals surface area contributed by atoms with E-state index in [9.17, 15) is 9.90 Å². The van der Waals surface area contributed by atoms with Crippen LogP contribution in [0, 0.1) is 6.92 Å². The number of hydrogen-bond acceptors (Lipinski definition) is 3. The second-order valence-electron chi connectivity index (χ2n) is 4.04. The van der Waals surface area contributed by atoms with Gasteiger partial charge in [-0.15, -0.1) is 0 Å². The zero-order valence-corrected chi connectivity index (χ0v) is 10.1. The summed E-state index contributed by atoms with van der Waals surface area (Å²) in [6.45, 7) is 1.92. The Labute approximate surface area is 105 Å². The number of hydrogen-bond donors (Lipinski definition) is 2. The largest absolute Gasteiger partial charge is 0.508 e. The van der Waals surface area contributed by atoms with E-state index in [0.717, 1.165) is 11.3 Å². The molecule has 2 rings (SSSR count). The number of aryl methyl sites for hydroxylation is 1. The van der Waals surface area contributed by atoms with Crippen LogP contribution in [0.15, 0.2) is 42.6 Å². The number of carbonyl (C=O) groups is 1. The maximum atomic E-state index is 11.8. The normalized spacial score (nSPS) is 10.1. The predicted molar refractivity (Wildman–Crippen MR) is 69.4 cm³/mol. The van der Waals surface area contributed by atoms with Gasteiger partial charge in [-0.2, -0.15) is 0 Å². The summed E-state index contributed by atoms with van der Waals surface area (Å²) >= 11 is 0. The van der Waals surface area contributed by atoms with E-state index in [1.165, 1.54) is 6.07 Å². The molecule has 0 fully saturated rings. The number of amides is 1. The van der Waals surface area contributed by atoms with Crippen LogP contribution in [-0.2, 0) is 11.2 Å². The lowest BCUT2D eigenvalue weighted by molar-refractivity contribution is -0.115. The number of anilines is 1. The summed E-state index contributed by atoms with van der Waals surface area (Å²) < 4.78 is 0. The van der Waals surface area contributed by atoms with Crippen molar-refractivity contribution in [3.8, 4) is 5.75 Å². The molecule has 0 aliphatic carbocycles. The monoisotopic (exact) mass is 242 g/mol. The number of aromatic hydroxyl groups is 1. The van der Waals surface area contributed by atoms with Crippen molar-refractivity contribution in [1.29, 1.82) is 0 Å². The van der Waals surface area contributed by atoms with Crippen LogP contribution in [0.25, 0.3) is 0 Å². The third kappa shape index (κ3) is 3.07. The summed E-state index contributed by atoms with van der Waals surface area (Å²) in [5.41, 5.74) is 2.33. The fourth-order valence-corrected chi connectivity index (χ4v) is 1.64. The van der Waals surface area contributed by atoms with Crippen molar-refractivity contribution >= 4 is 11.6 Å². The maximum absolute atomic E-state index is 11.8. The molecule has 1 amide bonds. The highest BCUT2D eigenvalue weighted by Gasteiger charge is 2.07. The molecule has 0 bridgehead atoms. The zero-order valence-electron chi connectivity index (χ0n) is 10.1. The summed E-state index contributed by atoms with van der Waals surface area (Å²) in [4.78, 5) is 16.0. The molecule has 0 atom stereocenters. The fraction of sp³-hybridized carbons (Fsp3) is 0.143. The molecular formula is C14H14N2O2. The van der Waals surface area contributed by atoms with E-state index in [2.05, 4.69) is 10.3 Å². The van der Waals surface area contributed by atoms with Crippen molar-refractivity contribution in [3.05, 3.63) is 53.9 Å². The number of phenols is 1. The molecule has 1 aromatic carbocycles. The van der Waals surface area contributed by atoms with Crippen LogP contribution in [0.1, 0.15) is 11.3 Å². The minimum absolute atomic E-state index is 0.127. The number of aromatic nitrogens is 1. The van der Waals surface area contributed by atoms with Crippen LogP contribution in [0.5, 0.6) is 5.75 Å². The Morgan fingerprint density at radius 2 is 2.17 bits per heavy atom. The molecule has 0 aliphatic heterocycles. The number of rotatable bonds is 3. The fourth-order valence-electron chi connectivity index (χ4n) is 1.64. The van der Waals surface area contributed by atoms with Crippen molar-refractivity contribution < 1.29 is 9.90 Å². The lowest BCUT2D eigenvalue weighted by Crippen LogP contribution is -2.15. The van der Waals surface area contributed by atoms with Crippen LogP contribution in [0.2, 0.25) is 0 Å². The molecule has 0 saturated heterocycles. The number of phenolic OH excluding ortho intramolecular Hbond substituents is 1. The lowest BCUT2D eigenvalue weighted by atomic mass is 10.1. The van der Waals surface area contributed by atoms with E-state index in [4.69, 9.17) is 0 Å². The molecule has 2 N–H and O–H groups in total. The van der Waals surface area contributed by atoms with Crippen molar-refractivity contribution in [2.24, 2.45) is 0 Å². The Kier molecular flexibility index (Phi) is 3.57. The van der Waals surface area contributed by atoms with Gasteiger partial charge >= 0.3 is 0 Å². The predicted octanol–water partition coefficient (Wildman–Crippen LogP) is 2.28. The zero-order chi connectivity index (χ0) is 13.0. The van der Waals surface area contributed by atoms with Gasteiger partial charge in [0.15, 0.2) is 0 Å². The molecule has 1 aromatic heterocycles. The van der Waals surface area contributed by atoms with Gasteiger partial charge in [-0.05, 0) is 30.7 Å². The molecule has 0 radical (unpaired) electrons. The number of carbonyl (C=O) groups excluding carboxylic acids is 1. The van der Waals surface area contributed by atoms with E-state index in [1.807, 2.05) is 19.1 Å². The van der Waals surface area contributed by atoms with Crippen molar-refractivity contribution in [2.45, 2.75) is 13.3 Å². The molecule has 4 heteroatoms. The third-order valence-corrected chi connectivity index (χ3v) is 2.58. The summed E-state index contributed by atoms with van der Waals surface area (Å²) in [5, 5.41) is 12.0. The van der Waals surface area contributed by atoms with Gasteiger partial charge < -0.3 is 10.4 Å². The van der Waals surface area contributed by atoms with Gasteiger partial charge in [0.1, 0.15) is 5.75 Å². The Morgan fingerprint density at radius 3 is 2.89 bits per heavy atom. The smallest absolute Gasteiger partial charge is 0.230 e. The Balaban J connectivity index is 2.03. The highest BCUT2D eigenvalue weighted by atomic mass is 16.3. The quantitative estimate of drug-likeness (QED) is 0.868. The number of nitrogens with zero attached hydrogens (tertiary/aromatic N) is 1. The van der Waals surface area contributed by atoms with Crippen molar-refractivity contribution in [3.63, 3.8) is 0 Å². The number of pyridine rings is 1. The first-order chi connectivity index (χ1) is 8.65. The molecule has 2 aromatic rings. The summed E-state index contributed by atoms with van der Waals surface area (Å²) in [7, 11) is 0. The molecule has 18 heavy (non-hydrogen) atoms. The van der Waals surface area contributed by atoms with E-state index in [-0.39, 0.29) is 18.1 Å². The minimum atomic E-state index is -0.151. The third-order valence-electron chi connectivity index (χ3n) is 2.58. The van der Waals surface area contributed by atoms with Crippen LogP contribution in [0.3, 0.4) is 0 Å². The van der Waals surface area contributed by atoms with Gasteiger partial charge in [-0.1, -0.05) is 12.1 Å². The van der Waals surface area contributed by atoms with Gasteiger partial charge in [0.2, 0.25) is 5.91 Å². The lowest BCUT2D eigenvalue weighted by Gasteiger charge is -2.06. The van der Waals surface area contributed by atoms with Crippen LogP contribution in [0.4, 0.5) is 5.69 Å². The van der Waals surface area contributed by atoms with E-state index in [1.54, 1.807) is 24.4 Å². The van der Waals surface area contributed by atoms with Crippen LogP contribution < -0.4 is 5.32 Å². The average molecular weight is 242 g/mol. The molecule has 0 spiro atoms. The first-order valence-corrected chi connectivity index (χ1v) is 5.64. The molecular weight excluding hydrogens is 228 g/mol. The topological polar surface area (TPSA) is 62.2 Å². The summed E-state index contributed by atoms with van der Waals surface area (Å²) in [6, 6.07) is 10.2. The first kappa shape index (κ1) is 12.1. The minimum Gasteiger partial charge on any atom is -0.508 e. The summed E-state index contributed by atoms with van der Waals surface area (Å²) in [5.74, 6) is -0.0239. The maximum Gasteiger partial charge on any atom is 0.230 e. The molecule has 0 aliphatic rings. The molecule has 0 unspecified atom stereocenters. The summed E-state index contributed by atoms with van der Waals surface area (Å²) in [6.07, 6.45) is 1.90. The Bertz CT molecular complexity index is 567. The number of benzene rings is 1. The highest BCUT2D eigenvalue weighted by molar-refractivity contribution is 5.92. The Hall–Kier alpha value is -2.36. The molecule has 4 nitrogen and oxygen atoms in total. The SMILES string of the molecule is Cc1cccnc1CC(=O)Nc1cccc(O)c1. The first-order valence-electron chi connectivity index (χ1n) is 5.64. The van der Waals surface area contributed by atoms with Gasteiger partial charge in [0.05, 0.1) is 12.1 Å². The van der Waals surface area contributed by atoms with Crippen LogP contribution in [-0.4, -0.2) is 16.0 Å².